The van der Waals surface area contributed by atoms with Crippen molar-refractivity contribution < 1.29 is 14.4 Å². The van der Waals surface area contributed by atoms with E-state index in [9.17, 15) is 9.90 Å². The first kappa shape index (κ1) is 22.8. The van der Waals surface area contributed by atoms with Crippen LogP contribution in [0.3, 0.4) is 0 Å². The number of carbonyl (C=O) groups is 1. The minimum absolute atomic E-state index is 0.311. The normalized spacial score (nSPS) is 23.4. The van der Waals surface area contributed by atoms with Crippen LogP contribution >= 0.6 is 0 Å². The molecule has 4 atom stereocenters. The first-order chi connectivity index (χ1) is 17.6. The van der Waals surface area contributed by atoms with E-state index in [1.807, 2.05) is 46.0 Å². The summed E-state index contributed by atoms with van der Waals surface area (Å²) in [4.78, 5) is 19.0. The topological polar surface area (TPSA) is 84.4 Å². The van der Waals surface area contributed by atoms with Crippen molar-refractivity contribution in [2.75, 3.05) is 13.1 Å². The van der Waals surface area contributed by atoms with E-state index in [1.165, 1.54) is 19.3 Å². The van der Waals surface area contributed by atoms with E-state index in [1.54, 1.807) is 13.1 Å². The molecule has 0 radical (unpaired) electrons. The molecule has 3 heterocycles. The number of nitrogens with zero attached hydrogens (tertiary/aromatic N) is 4. The molecule has 2 saturated carbocycles. The molecule has 3 aliphatic rings. The third kappa shape index (κ3) is 4.49. The smallest absolute Gasteiger partial charge is 0.226 e. The molecule has 3 aromatic rings. The maximum Gasteiger partial charge on any atom is 0.226 e. The molecule has 0 saturated heterocycles. The fourth-order valence-corrected chi connectivity index (χ4v) is 5.77. The number of hydrogen-bond acceptors (Lipinski definition) is 5. The summed E-state index contributed by atoms with van der Waals surface area (Å²) in [6.07, 6.45) is 9.57. The zero-order chi connectivity index (χ0) is 24.6. The number of aromatic nitrogens is 3. The largest absolute Gasteiger partial charge is 0.385 e. The Labute approximate surface area is 210 Å². The standard InChI is InChI=1S/C29H30N4O3/c1-19(34)28-30-13-16-33(28)18-23-17-26(36-31-23)22-9-7-20(8-10-22)5-6-21-11-14-32(15-12-21)29(35)27-24-3-2-4-25(24)27/h7-11,13,16-17,19,24-25,27,34H,2-4,12,14-15,18H2,1H3/t19-,24-,25+,27?/m0/s1. The molecule has 0 bridgehead atoms. The number of imidazole rings is 1. The highest BCUT2D eigenvalue weighted by Gasteiger charge is 2.57. The SMILES string of the molecule is C[C@H](O)c1nccn1Cc1cc(-c2ccc(C#CC3=CCN(C(=O)C4[C@H]5CCC[C@@H]45)CC3)cc2)on1. The van der Waals surface area contributed by atoms with Gasteiger partial charge in [-0.25, -0.2) is 4.98 Å². The van der Waals surface area contributed by atoms with E-state index in [-0.39, 0.29) is 0 Å². The third-order valence-electron chi connectivity index (χ3n) is 7.76. The van der Waals surface area contributed by atoms with E-state index >= 15 is 0 Å². The van der Waals surface area contributed by atoms with Crippen molar-refractivity contribution in [3.63, 3.8) is 0 Å². The number of aliphatic hydroxyl groups is 1. The molecular formula is C29H30N4O3. The Morgan fingerprint density at radius 1 is 1.22 bits per heavy atom. The van der Waals surface area contributed by atoms with Gasteiger partial charge in [0.1, 0.15) is 17.6 Å². The second-order valence-electron chi connectivity index (χ2n) is 10.1. The second kappa shape index (κ2) is 9.44. The summed E-state index contributed by atoms with van der Waals surface area (Å²) in [5.74, 6) is 9.86. The third-order valence-corrected chi connectivity index (χ3v) is 7.76. The van der Waals surface area contributed by atoms with Gasteiger partial charge in [-0.3, -0.25) is 4.79 Å². The lowest BCUT2D eigenvalue weighted by Gasteiger charge is -2.25. The Morgan fingerprint density at radius 2 is 2.03 bits per heavy atom. The molecule has 2 aliphatic carbocycles. The first-order valence-electron chi connectivity index (χ1n) is 12.8. The maximum absolute atomic E-state index is 12.8. The van der Waals surface area contributed by atoms with Gasteiger partial charge in [-0.1, -0.05) is 29.5 Å². The minimum atomic E-state index is -0.645. The number of hydrogen-bond donors (Lipinski definition) is 1. The van der Waals surface area contributed by atoms with Gasteiger partial charge in [-0.15, -0.1) is 0 Å². The van der Waals surface area contributed by atoms with Crippen LogP contribution in [0.25, 0.3) is 11.3 Å². The van der Waals surface area contributed by atoms with Gasteiger partial charge in [0.15, 0.2) is 5.76 Å². The zero-order valence-corrected chi connectivity index (χ0v) is 20.4. The molecule has 36 heavy (non-hydrogen) atoms. The highest BCUT2D eigenvalue weighted by atomic mass is 16.5. The summed E-state index contributed by atoms with van der Waals surface area (Å²) in [5, 5.41) is 14.0. The van der Waals surface area contributed by atoms with Crippen molar-refractivity contribution >= 4 is 5.91 Å². The van der Waals surface area contributed by atoms with Crippen LogP contribution in [-0.4, -0.2) is 43.7 Å². The van der Waals surface area contributed by atoms with Crippen LogP contribution < -0.4 is 0 Å². The molecule has 1 aliphatic heterocycles. The maximum atomic E-state index is 12.8. The van der Waals surface area contributed by atoms with Crippen molar-refractivity contribution in [1.29, 1.82) is 0 Å². The summed E-state index contributed by atoms with van der Waals surface area (Å²) >= 11 is 0. The van der Waals surface area contributed by atoms with Gasteiger partial charge in [-0.2, -0.15) is 0 Å². The van der Waals surface area contributed by atoms with Crippen LogP contribution in [0.15, 0.2) is 58.9 Å². The lowest BCUT2D eigenvalue weighted by Crippen LogP contribution is -2.36. The van der Waals surface area contributed by atoms with Crippen LogP contribution in [0, 0.1) is 29.6 Å². The molecule has 2 aromatic heterocycles. The number of aliphatic hydroxyl groups excluding tert-OH is 1. The minimum Gasteiger partial charge on any atom is -0.385 e. The number of benzene rings is 1. The van der Waals surface area contributed by atoms with Crippen molar-refractivity contribution in [2.24, 2.45) is 17.8 Å². The summed E-state index contributed by atoms with van der Waals surface area (Å²) in [6.45, 7) is 3.63. The van der Waals surface area contributed by atoms with Crippen LogP contribution in [0.4, 0.5) is 0 Å². The van der Waals surface area contributed by atoms with Crippen molar-refractivity contribution in [2.45, 2.75) is 45.3 Å². The van der Waals surface area contributed by atoms with Crippen LogP contribution in [-0.2, 0) is 11.3 Å². The average Bonchev–Trinajstić information content (AvgIpc) is 3.37. The quantitative estimate of drug-likeness (QED) is 0.551. The molecule has 2 fully saturated rings. The summed E-state index contributed by atoms with van der Waals surface area (Å²) < 4.78 is 7.40. The molecule has 184 valence electrons. The number of fused-ring (bicyclic) bond motifs is 1. The highest BCUT2D eigenvalue weighted by Crippen LogP contribution is 2.58. The Bertz CT molecular complexity index is 1340. The van der Waals surface area contributed by atoms with Gasteiger partial charge in [0, 0.05) is 54.2 Å². The Balaban J connectivity index is 1.06. The van der Waals surface area contributed by atoms with Crippen molar-refractivity contribution in [1.82, 2.24) is 19.6 Å². The van der Waals surface area contributed by atoms with E-state index in [0.29, 0.717) is 48.3 Å². The molecule has 0 spiro atoms. The van der Waals surface area contributed by atoms with E-state index < -0.39 is 6.10 Å². The fourth-order valence-electron chi connectivity index (χ4n) is 5.77. The second-order valence-corrected chi connectivity index (χ2v) is 10.1. The van der Waals surface area contributed by atoms with Gasteiger partial charge in [0.25, 0.3) is 0 Å². The Kier molecular flexibility index (Phi) is 5.98. The van der Waals surface area contributed by atoms with E-state index in [0.717, 1.165) is 35.4 Å². The summed E-state index contributed by atoms with van der Waals surface area (Å²) in [5.41, 5.74) is 3.73. The molecule has 1 unspecified atom stereocenters. The molecule has 7 heteroatoms. The Hall–Kier alpha value is -3.63. The summed E-state index contributed by atoms with van der Waals surface area (Å²) in [6, 6.07) is 9.83. The van der Waals surface area contributed by atoms with Crippen LogP contribution in [0.2, 0.25) is 0 Å². The lowest BCUT2D eigenvalue weighted by molar-refractivity contribution is -0.133. The number of carbonyl (C=O) groups excluding carboxylic acids is 1. The van der Waals surface area contributed by atoms with Gasteiger partial charge in [0.05, 0.1) is 6.54 Å². The van der Waals surface area contributed by atoms with Crippen LogP contribution in [0.1, 0.15) is 55.8 Å². The predicted molar refractivity (Wildman–Crippen MR) is 134 cm³/mol. The Morgan fingerprint density at radius 3 is 2.75 bits per heavy atom. The number of amides is 1. The van der Waals surface area contributed by atoms with Crippen molar-refractivity contribution in [3.8, 4) is 23.2 Å². The molecule has 7 nitrogen and oxygen atoms in total. The van der Waals surface area contributed by atoms with E-state index in [4.69, 9.17) is 4.52 Å². The predicted octanol–water partition coefficient (Wildman–Crippen LogP) is 4.20. The highest BCUT2D eigenvalue weighted by molar-refractivity contribution is 5.83. The molecule has 1 N–H and O–H groups in total. The molecule has 6 rings (SSSR count). The molecule has 1 aromatic carbocycles. The van der Waals surface area contributed by atoms with Crippen LogP contribution in [0.5, 0.6) is 0 Å². The van der Waals surface area contributed by atoms with E-state index in [2.05, 4.69) is 28.1 Å². The zero-order valence-electron chi connectivity index (χ0n) is 20.4. The average molecular weight is 483 g/mol. The number of rotatable bonds is 5. The van der Waals surface area contributed by atoms with Gasteiger partial charge in [-0.05, 0) is 62.3 Å². The first-order valence-corrected chi connectivity index (χ1v) is 12.8. The van der Waals surface area contributed by atoms with Gasteiger partial charge < -0.3 is 19.1 Å². The van der Waals surface area contributed by atoms with Crippen molar-refractivity contribution in [3.05, 3.63) is 71.5 Å². The summed E-state index contributed by atoms with van der Waals surface area (Å²) in [7, 11) is 0. The molecule has 1 amide bonds. The fraction of sp³-hybridized carbons (Fsp3) is 0.414. The van der Waals surface area contributed by atoms with Gasteiger partial charge in [0.2, 0.25) is 5.91 Å². The molecular weight excluding hydrogens is 452 g/mol. The van der Waals surface area contributed by atoms with Gasteiger partial charge >= 0.3 is 0 Å². The monoisotopic (exact) mass is 482 g/mol. The lowest BCUT2D eigenvalue weighted by atomic mass is 10.1.